The molecule has 5 heteroatoms. The summed E-state index contributed by atoms with van der Waals surface area (Å²) in [5.74, 6) is 0.367. The molecule has 0 heterocycles. The van der Waals surface area contributed by atoms with Gasteiger partial charge in [0.05, 0.1) is 5.69 Å². The summed E-state index contributed by atoms with van der Waals surface area (Å²) in [6.07, 6.45) is 10.9. The maximum Gasteiger partial charge on any atom is 0.240 e. The first-order valence-electron chi connectivity index (χ1n) is 10.8. The van der Waals surface area contributed by atoms with Gasteiger partial charge in [0, 0.05) is 29.7 Å². The van der Waals surface area contributed by atoms with Crippen molar-refractivity contribution in [1.29, 1.82) is 0 Å². The molecule has 30 heavy (non-hydrogen) atoms. The molecule has 0 bridgehead atoms. The van der Waals surface area contributed by atoms with E-state index in [1.54, 1.807) is 6.08 Å². The molecule has 0 amide bonds. The van der Waals surface area contributed by atoms with Crippen molar-refractivity contribution < 1.29 is 14.4 Å². The predicted octanol–water partition coefficient (Wildman–Crippen LogP) is 4.16. The van der Waals surface area contributed by atoms with Crippen molar-refractivity contribution in [2.24, 2.45) is 4.99 Å². The van der Waals surface area contributed by atoms with Crippen LogP contribution < -0.4 is 5.73 Å². The van der Waals surface area contributed by atoms with E-state index in [2.05, 4.69) is 17.1 Å². The van der Waals surface area contributed by atoms with E-state index in [0.29, 0.717) is 24.1 Å². The van der Waals surface area contributed by atoms with Crippen molar-refractivity contribution in [3.63, 3.8) is 0 Å². The Hall–Kier alpha value is -3.04. The molecule has 5 nitrogen and oxygen atoms in total. The standard InChI is InChI=1S/C13H11NO2.C12H13NO/c15-7-14-13-10-3-1-2-8(10)6-9-4-5-11(16)12(9)13;13-12-9-3-1-2-7(9)6-8-4-5-10(14)11(8)12/h6H,1-5H2;6H,1-5,13H2. The van der Waals surface area contributed by atoms with Gasteiger partial charge in [0.2, 0.25) is 6.08 Å². The molecule has 2 aromatic rings. The number of isocyanates is 1. The molecule has 0 spiro atoms. The molecule has 4 aliphatic carbocycles. The highest BCUT2D eigenvalue weighted by molar-refractivity contribution is 6.06. The van der Waals surface area contributed by atoms with E-state index in [1.807, 2.05) is 0 Å². The number of carbonyl (C=O) groups excluding carboxylic acids is 3. The summed E-state index contributed by atoms with van der Waals surface area (Å²) in [6.45, 7) is 0. The van der Waals surface area contributed by atoms with Gasteiger partial charge in [-0.1, -0.05) is 12.1 Å². The van der Waals surface area contributed by atoms with Crippen molar-refractivity contribution in [3.8, 4) is 0 Å². The van der Waals surface area contributed by atoms with Crippen LogP contribution >= 0.6 is 0 Å². The largest absolute Gasteiger partial charge is 0.398 e. The number of aryl methyl sites for hydroxylation is 4. The van der Waals surface area contributed by atoms with Crippen LogP contribution in [-0.4, -0.2) is 17.6 Å². The number of aliphatic imine (C=N–C) groups is 1. The normalized spacial score (nSPS) is 17.6. The lowest BCUT2D eigenvalue weighted by molar-refractivity contribution is 0.0987. The fourth-order valence-corrected chi connectivity index (χ4v) is 5.57. The third-order valence-corrected chi connectivity index (χ3v) is 6.94. The minimum atomic E-state index is 0.124. The van der Waals surface area contributed by atoms with Crippen LogP contribution in [-0.2, 0) is 43.3 Å². The van der Waals surface area contributed by atoms with Gasteiger partial charge in [0.1, 0.15) is 0 Å². The first-order chi connectivity index (χ1) is 14.6. The molecule has 0 radical (unpaired) electrons. The van der Waals surface area contributed by atoms with Crippen molar-refractivity contribution in [1.82, 2.24) is 0 Å². The Morgan fingerprint density at radius 2 is 1.27 bits per heavy atom. The summed E-state index contributed by atoms with van der Waals surface area (Å²) >= 11 is 0. The molecule has 0 saturated heterocycles. The molecule has 0 aromatic heterocycles. The monoisotopic (exact) mass is 400 g/mol. The lowest BCUT2D eigenvalue weighted by Crippen LogP contribution is -2.03. The summed E-state index contributed by atoms with van der Waals surface area (Å²) in [5.41, 5.74) is 16.2. The number of hydrogen-bond donors (Lipinski definition) is 1. The van der Waals surface area contributed by atoms with Crippen LogP contribution in [0.1, 0.15) is 79.8 Å². The number of rotatable bonds is 1. The summed E-state index contributed by atoms with van der Waals surface area (Å²) in [6, 6.07) is 4.34. The maximum absolute atomic E-state index is 11.8. The number of hydrogen-bond acceptors (Lipinski definition) is 5. The first kappa shape index (κ1) is 19.0. The molecule has 0 aliphatic heterocycles. The molecule has 0 atom stereocenters. The topological polar surface area (TPSA) is 89.6 Å². The zero-order valence-electron chi connectivity index (χ0n) is 17.0. The smallest absolute Gasteiger partial charge is 0.240 e. The van der Waals surface area contributed by atoms with E-state index in [-0.39, 0.29) is 11.6 Å². The quantitative estimate of drug-likeness (QED) is 0.442. The third kappa shape index (κ3) is 2.93. The Balaban J connectivity index is 0.000000130. The number of nitrogens with zero attached hydrogens (tertiary/aromatic N) is 1. The number of fused-ring (bicyclic) bond motifs is 4. The van der Waals surface area contributed by atoms with Gasteiger partial charge >= 0.3 is 0 Å². The zero-order valence-corrected chi connectivity index (χ0v) is 17.0. The lowest BCUT2D eigenvalue weighted by atomic mass is 9.99. The van der Waals surface area contributed by atoms with E-state index in [1.165, 1.54) is 28.7 Å². The predicted molar refractivity (Wildman–Crippen MR) is 114 cm³/mol. The second kappa shape index (κ2) is 7.33. The van der Waals surface area contributed by atoms with Crippen molar-refractivity contribution in [2.45, 2.75) is 64.2 Å². The van der Waals surface area contributed by atoms with Crippen LogP contribution in [0.15, 0.2) is 17.1 Å². The Bertz CT molecular complexity index is 1160. The van der Waals surface area contributed by atoms with Crippen LogP contribution in [0.5, 0.6) is 0 Å². The van der Waals surface area contributed by atoms with Gasteiger partial charge in [-0.25, -0.2) is 4.79 Å². The summed E-state index contributed by atoms with van der Waals surface area (Å²) < 4.78 is 0. The Kier molecular flexibility index (Phi) is 4.63. The minimum absolute atomic E-state index is 0.124. The maximum atomic E-state index is 11.8. The van der Waals surface area contributed by atoms with E-state index in [9.17, 15) is 14.4 Å². The first-order valence-corrected chi connectivity index (χ1v) is 10.8. The molecule has 6 rings (SSSR count). The van der Waals surface area contributed by atoms with E-state index in [0.717, 1.165) is 67.3 Å². The van der Waals surface area contributed by atoms with E-state index in [4.69, 9.17) is 5.73 Å². The number of nitrogen functional groups attached to an aromatic ring is 1. The Labute approximate surface area is 175 Å². The molecular formula is C25H24N2O3. The second-order valence-corrected chi connectivity index (χ2v) is 8.62. The van der Waals surface area contributed by atoms with Crippen LogP contribution in [0.25, 0.3) is 0 Å². The van der Waals surface area contributed by atoms with E-state index < -0.39 is 0 Å². The molecular weight excluding hydrogens is 376 g/mol. The van der Waals surface area contributed by atoms with E-state index >= 15 is 0 Å². The lowest BCUT2D eigenvalue weighted by Gasteiger charge is -2.09. The molecule has 2 N–H and O–H groups in total. The van der Waals surface area contributed by atoms with Crippen LogP contribution in [0, 0.1) is 0 Å². The summed E-state index contributed by atoms with van der Waals surface area (Å²) in [5, 5.41) is 0. The van der Waals surface area contributed by atoms with Gasteiger partial charge in [0.15, 0.2) is 11.6 Å². The fraction of sp³-hybridized carbons (Fsp3) is 0.400. The summed E-state index contributed by atoms with van der Waals surface area (Å²) in [7, 11) is 0. The minimum Gasteiger partial charge on any atom is -0.398 e. The van der Waals surface area contributed by atoms with Crippen molar-refractivity contribution in [3.05, 3.63) is 56.6 Å². The van der Waals surface area contributed by atoms with Crippen LogP contribution in [0.4, 0.5) is 11.4 Å². The number of anilines is 1. The van der Waals surface area contributed by atoms with Crippen LogP contribution in [0.3, 0.4) is 0 Å². The molecule has 0 fully saturated rings. The average molecular weight is 400 g/mol. The second-order valence-electron chi connectivity index (χ2n) is 8.62. The van der Waals surface area contributed by atoms with Crippen molar-refractivity contribution in [2.75, 3.05) is 5.73 Å². The van der Waals surface area contributed by atoms with Gasteiger partial charge in [-0.2, -0.15) is 4.99 Å². The van der Waals surface area contributed by atoms with Crippen molar-refractivity contribution >= 4 is 29.0 Å². The highest BCUT2D eigenvalue weighted by Crippen LogP contribution is 2.40. The fourth-order valence-electron chi connectivity index (χ4n) is 5.57. The zero-order chi connectivity index (χ0) is 20.8. The SMILES string of the molecule is Nc1c2c(cc3c1C(=O)CC3)CCC2.O=C=Nc1c2c(cc3c1C(=O)CC3)CCC2. The molecule has 2 aromatic carbocycles. The highest BCUT2D eigenvalue weighted by Gasteiger charge is 2.29. The molecule has 152 valence electrons. The number of carbonyl (C=O) groups is 2. The molecule has 0 unspecified atom stereocenters. The average Bonchev–Trinajstić information content (AvgIpc) is 3.50. The van der Waals surface area contributed by atoms with Gasteiger partial charge < -0.3 is 5.73 Å². The summed E-state index contributed by atoms with van der Waals surface area (Å²) in [4.78, 5) is 37.6. The van der Waals surface area contributed by atoms with Gasteiger partial charge in [-0.3, -0.25) is 9.59 Å². The number of ketones is 2. The third-order valence-electron chi connectivity index (χ3n) is 6.94. The Morgan fingerprint density at radius 3 is 1.93 bits per heavy atom. The highest BCUT2D eigenvalue weighted by atomic mass is 16.1. The van der Waals surface area contributed by atoms with Crippen LogP contribution in [0.2, 0.25) is 0 Å². The van der Waals surface area contributed by atoms with Gasteiger partial charge in [-0.15, -0.1) is 0 Å². The number of benzene rings is 2. The number of nitrogens with two attached hydrogens (primary N) is 1. The molecule has 4 aliphatic rings. The number of Topliss-reactive ketones (excluding diaryl/α,β-unsaturated/α-hetero) is 2. The molecule has 0 saturated carbocycles. The van der Waals surface area contributed by atoms with Gasteiger partial charge in [0.25, 0.3) is 0 Å². The van der Waals surface area contributed by atoms with Gasteiger partial charge in [-0.05, 0) is 84.7 Å². The Morgan fingerprint density at radius 1 is 0.700 bits per heavy atom.